The molecule has 2 aliphatic carbocycles. The molecule has 0 amide bonds. The van der Waals surface area contributed by atoms with Crippen LogP contribution in [0.4, 0.5) is 18.9 Å². The van der Waals surface area contributed by atoms with Crippen molar-refractivity contribution in [3.05, 3.63) is 71.4 Å². The topological polar surface area (TPSA) is 111 Å². The summed E-state index contributed by atoms with van der Waals surface area (Å²) in [5, 5.41) is 14.4. The molecule has 1 atom stereocenters. The van der Waals surface area contributed by atoms with E-state index in [1.54, 1.807) is 0 Å². The summed E-state index contributed by atoms with van der Waals surface area (Å²) >= 11 is 0. The van der Waals surface area contributed by atoms with Gasteiger partial charge in [0, 0.05) is 65.3 Å². The Bertz CT molecular complexity index is 1850. The SMILES string of the molecule is O=C(O)c1cc(O[C@@H]2CCOC2)c2cc(N3CC4(CC(/C=C/c5c(-c6cccnc6C(F)(F)F)noc5C5CC5)C4)C3)ccc2n1. The number of carboxylic acids is 1. The zero-order chi connectivity index (χ0) is 31.6. The molecule has 3 aromatic heterocycles. The molecule has 12 heteroatoms. The van der Waals surface area contributed by atoms with Gasteiger partial charge in [-0.05, 0) is 61.9 Å². The number of allylic oxidation sites excluding steroid dienone is 1. The molecule has 0 unspecified atom stereocenters. The zero-order valence-electron chi connectivity index (χ0n) is 24.8. The normalized spacial score (nSPS) is 21.2. The third kappa shape index (κ3) is 5.28. The Morgan fingerprint density at radius 2 is 1.96 bits per heavy atom. The number of ether oxygens (including phenoxy) is 2. The van der Waals surface area contributed by atoms with Gasteiger partial charge in [0.25, 0.3) is 0 Å². The monoisotopic (exact) mass is 632 g/mol. The Morgan fingerprint density at radius 1 is 1.13 bits per heavy atom. The lowest BCUT2D eigenvalue weighted by Gasteiger charge is -2.59. The Kier molecular flexibility index (Phi) is 6.82. The fourth-order valence-electron chi connectivity index (χ4n) is 7.12. The largest absolute Gasteiger partial charge is 0.487 e. The van der Waals surface area contributed by atoms with E-state index in [9.17, 15) is 23.1 Å². The number of carboxylic acid groups (broad SMARTS) is 1. The van der Waals surface area contributed by atoms with Crippen molar-refractivity contribution in [2.45, 2.75) is 50.3 Å². The van der Waals surface area contributed by atoms with Gasteiger partial charge in [0.15, 0.2) is 11.4 Å². The van der Waals surface area contributed by atoms with E-state index >= 15 is 0 Å². The van der Waals surface area contributed by atoms with Crippen LogP contribution in [0.5, 0.6) is 5.75 Å². The van der Waals surface area contributed by atoms with Crippen LogP contribution in [0, 0.1) is 11.3 Å². The molecule has 0 radical (unpaired) electrons. The van der Waals surface area contributed by atoms with Gasteiger partial charge < -0.3 is 24.0 Å². The van der Waals surface area contributed by atoms with Gasteiger partial charge in [0.2, 0.25) is 0 Å². The van der Waals surface area contributed by atoms with Crippen LogP contribution in [-0.2, 0) is 10.9 Å². The lowest BCUT2D eigenvalue weighted by Crippen LogP contribution is -2.62. The molecule has 5 heterocycles. The molecule has 4 fully saturated rings. The molecular formula is C34H31F3N4O5. The molecule has 4 aromatic rings. The first-order chi connectivity index (χ1) is 22.2. The molecule has 0 bridgehead atoms. The molecule has 8 rings (SSSR count). The van der Waals surface area contributed by atoms with Gasteiger partial charge in [-0.3, -0.25) is 4.98 Å². The summed E-state index contributed by atoms with van der Waals surface area (Å²) in [6.07, 6.45) is 4.98. The average Bonchev–Trinajstić information content (AvgIpc) is 3.54. The van der Waals surface area contributed by atoms with Crippen LogP contribution in [0.15, 0.2) is 53.2 Å². The number of aromatic nitrogens is 3. The van der Waals surface area contributed by atoms with E-state index in [-0.39, 0.29) is 34.4 Å². The summed E-state index contributed by atoms with van der Waals surface area (Å²) in [7, 11) is 0. The van der Waals surface area contributed by atoms with Crippen molar-refractivity contribution in [2.75, 3.05) is 31.2 Å². The summed E-state index contributed by atoms with van der Waals surface area (Å²) < 4.78 is 58.5. The summed E-state index contributed by atoms with van der Waals surface area (Å²) in [5.74, 6) is 0.527. The molecule has 4 aliphatic rings. The van der Waals surface area contributed by atoms with E-state index in [1.165, 1.54) is 18.2 Å². The number of hydrogen-bond acceptors (Lipinski definition) is 8. The van der Waals surface area contributed by atoms with Crippen LogP contribution in [0.25, 0.3) is 28.2 Å². The van der Waals surface area contributed by atoms with Crippen LogP contribution < -0.4 is 9.64 Å². The van der Waals surface area contributed by atoms with Crippen molar-refractivity contribution in [2.24, 2.45) is 11.3 Å². The minimum Gasteiger partial charge on any atom is -0.487 e. The predicted octanol–water partition coefficient (Wildman–Crippen LogP) is 6.98. The smallest absolute Gasteiger partial charge is 0.434 e. The zero-order valence-corrected chi connectivity index (χ0v) is 24.8. The van der Waals surface area contributed by atoms with E-state index in [1.807, 2.05) is 24.3 Å². The maximum Gasteiger partial charge on any atom is 0.434 e. The number of rotatable bonds is 8. The number of anilines is 1. The van der Waals surface area contributed by atoms with Crippen molar-refractivity contribution in [3.63, 3.8) is 0 Å². The van der Waals surface area contributed by atoms with Gasteiger partial charge in [0.1, 0.15) is 23.3 Å². The van der Waals surface area contributed by atoms with Crippen LogP contribution >= 0.6 is 0 Å². The Hall–Kier alpha value is -4.45. The number of benzene rings is 1. The van der Waals surface area contributed by atoms with Crippen molar-refractivity contribution in [1.82, 2.24) is 15.1 Å². The standard InChI is InChI=1S/C34H31F3N4O5/c35-34(36,37)31-24(2-1-10-38-31)29-23(30(46-40-29)20-4-5-20)7-3-19-14-33(15-19)17-41(18-33)21-6-8-26-25(12-21)28(13-27(39-26)32(42)43)45-22-9-11-44-16-22/h1-3,6-8,10,12-13,19-20,22H,4-5,9,11,14-18H2,(H,42,43)/b7-3+/t22-/m1/s1. The summed E-state index contributed by atoms with van der Waals surface area (Å²) in [6.45, 7) is 2.84. The minimum atomic E-state index is -4.60. The third-order valence-electron chi connectivity index (χ3n) is 9.53. The first kappa shape index (κ1) is 29.0. The van der Waals surface area contributed by atoms with Gasteiger partial charge in [-0.15, -0.1) is 0 Å². The number of aromatic carboxylic acids is 1. The predicted molar refractivity (Wildman–Crippen MR) is 162 cm³/mol. The number of pyridine rings is 2. The molecule has 2 saturated carbocycles. The van der Waals surface area contributed by atoms with Crippen LogP contribution in [0.3, 0.4) is 0 Å². The van der Waals surface area contributed by atoms with Gasteiger partial charge in [-0.2, -0.15) is 13.2 Å². The molecular weight excluding hydrogens is 601 g/mol. The molecule has 2 saturated heterocycles. The number of nitrogens with zero attached hydrogens (tertiary/aromatic N) is 4. The van der Waals surface area contributed by atoms with Gasteiger partial charge in [-0.1, -0.05) is 17.3 Å². The number of hydrogen-bond donors (Lipinski definition) is 1. The van der Waals surface area contributed by atoms with E-state index in [0.717, 1.165) is 62.5 Å². The molecule has 46 heavy (non-hydrogen) atoms. The number of halogens is 3. The Balaban J connectivity index is 0.974. The summed E-state index contributed by atoms with van der Waals surface area (Å²) in [5.41, 5.74) is 1.48. The van der Waals surface area contributed by atoms with E-state index in [4.69, 9.17) is 14.0 Å². The first-order valence-electron chi connectivity index (χ1n) is 15.5. The average molecular weight is 633 g/mol. The van der Waals surface area contributed by atoms with E-state index in [2.05, 4.69) is 26.1 Å². The second-order valence-electron chi connectivity index (χ2n) is 13.0. The third-order valence-corrected chi connectivity index (χ3v) is 9.53. The maximum absolute atomic E-state index is 13.8. The fourth-order valence-corrected chi connectivity index (χ4v) is 7.12. The summed E-state index contributed by atoms with van der Waals surface area (Å²) in [4.78, 5) is 21.9. The lowest BCUT2D eigenvalue weighted by atomic mass is 9.57. The van der Waals surface area contributed by atoms with Crippen molar-refractivity contribution >= 4 is 28.6 Å². The van der Waals surface area contributed by atoms with Gasteiger partial charge in [0.05, 0.1) is 18.7 Å². The molecule has 2 aliphatic heterocycles. The van der Waals surface area contributed by atoms with Crippen molar-refractivity contribution < 1.29 is 37.1 Å². The second kappa shape index (κ2) is 10.8. The number of alkyl halides is 3. The summed E-state index contributed by atoms with van der Waals surface area (Å²) in [6, 6.07) is 10.2. The van der Waals surface area contributed by atoms with Gasteiger partial charge in [-0.25, -0.2) is 9.78 Å². The molecule has 1 aromatic carbocycles. The Morgan fingerprint density at radius 3 is 2.67 bits per heavy atom. The number of carbonyl (C=O) groups is 1. The highest BCUT2D eigenvalue weighted by Gasteiger charge is 2.51. The van der Waals surface area contributed by atoms with Crippen LogP contribution in [0.1, 0.15) is 65.5 Å². The van der Waals surface area contributed by atoms with E-state index < -0.39 is 17.8 Å². The van der Waals surface area contributed by atoms with Crippen molar-refractivity contribution in [3.8, 4) is 17.0 Å². The van der Waals surface area contributed by atoms with E-state index in [0.29, 0.717) is 41.7 Å². The highest BCUT2D eigenvalue weighted by Crippen LogP contribution is 2.54. The van der Waals surface area contributed by atoms with Crippen molar-refractivity contribution in [1.29, 1.82) is 0 Å². The molecule has 9 nitrogen and oxygen atoms in total. The quantitative estimate of drug-likeness (QED) is 0.220. The lowest BCUT2D eigenvalue weighted by molar-refractivity contribution is -0.140. The second-order valence-corrected chi connectivity index (χ2v) is 13.0. The molecule has 1 spiro atoms. The highest BCUT2D eigenvalue weighted by atomic mass is 19.4. The fraction of sp³-hybridized carbons (Fsp3) is 0.412. The first-order valence-corrected chi connectivity index (χ1v) is 15.5. The minimum absolute atomic E-state index is 0.0607. The van der Waals surface area contributed by atoms with Crippen LogP contribution in [-0.4, -0.2) is 58.6 Å². The van der Waals surface area contributed by atoms with Crippen LogP contribution in [0.2, 0.25) is 0 Å². The highest BCUT2D eigenvalue weighted by molar-refractivity contribution is 5.94. The molecule has 238 valence electrons. The maximum atomic E-state index is 13.8. The van der Waals surface area contributed by atoms with Gasteiger partial charge >= 0.3 is 12.1 Å². The Labute approximate surface area is 262 Å². The molecule has 1 N–H and O–H groups in total. The number of fused-ring (bicyclic) bond motifs is 1.